The first-order chi connectivity index (χ1) is 7.68. The lowest BCUT2D eigenvalue weighted by atomic mass is 10.2. The van der Waals surface area contributed by atoms with Crippen LogP contribution < -0.4 is 5.32 Å². The lowest BCUT2D eigenvalue weighted by Gasteiger charge is -2.24. The minimum absolute atomic E-state index is 0.0853. The molecule has 0 bridgehead atoms. The molecule has 0 saturated heterocycles. The van der Waals surface area contributed by atoms with Crippen LogP contribution in [0.25, 0.3) is 10.9 Å². The Labute approximate surface area is 91.9 Å². The van der Waals surface area contributed by atoms with E-state index in [4.69, 9.17) is 0 Å². The van der Waals surface area contributed by atoms with Crippen molar-refractivity contribution in [1.29, 1.82) is 0 Å². The first-order valence-electron chi connectivity index (χ1n) is 5.26. The fourth-order valence-electron chi connectivity index (χ4n) is 2.29. The van der Waals surface area contributed by atoms with Crippen molar-refractivity contribution in [3.05, 3.63) is 35.8 Å². The average molecular weight is 218 g/mol. The largest absolute Gasteiger partial charge is 0.349 e. The number of rotatable bonds is 0. The maximum atomic E-state index is 13.8. The number of fused-ring (bicyclic) bond motifs is 3. The first-order valence-corrected chi connectivity index (χ1v) is 5.26. The second-order valence-electron chi connectivity index (χ2n) is 4.14. The fourth-order valence-corrected chi connectivity index (χ4v) is 2.29. The van der Waals surface area contributed by atoms with Gasteiger partial charge < -0.3 is 9.88 Å². The number of nitrogens with one attached hydrogen (secondary N) is 1. The van der Waals surface area contributed by atoms with Gasteiger partial charge in [0, 0.05) is 18.0 Å². The summed E-state index contributed by atoms with van der Waals surface area (Å²) in [5.41, 5.74) is 1.07. The molecule has 3 nitrogen and oxygen atoms in total. The molecule has 0 saturated carbocycles. The Balaban J connectivity index is 2.43. The van der Waals surface area contributed by atoms with Gasteiger partial charge in [-0.05, 0) is 19.1 Å². The molecule has 4 heteroatoms. The minimum Gasteiger partial charge on any atom is -0.349 e. The molecule has 16 heavy (non-hydrogen) atoms. The van der Waals surface area contributed by atoms with Crippen LogP contribution in [0.3, 0.4) is 0 Å². The summed E-state index contributed by atoms with van der Waals surface area (Å²) >= 11 is 0. The van der Waals surface area contributed by atoms with Gasteiger partial charge in [-0.1, -0.05) is 12.1 Å². The van der Waals surface area contributed by atoms with E-state index < -0.39 is 0 Å². The lowest BCUT2D eigenvalue weighted by molar-refractivity contribution is 0.0919. The molecule has 1 unspecified atom stereocenters. The highest BCUT2D eigenvalue weighted by Gasteiger charge is 2.25. The Kier molecular flexibility index (Phi) is 1.80. The van der Waals surface area contributed by atoms with Gasteiger partial charge in [-0.15, -0.1) is 0 Å². The highest BCUT2D eigenvalue weighted by Crippen LogP contribution is 2.28. The van der Waals surface area contributed by atoms with Crippen LogP contribution >= 0.6 is 0 Å². The topological polar surface area (TPSA) is 34.0 Å². The summed E-state index contributed by atoms with van der Waals surface area (Å²) in [4.78, 5) is 11.7. The summed E-state index contributed by atoms with van der Waals surface area (Å²) in [6, 6.07) is 6.73. The zero-order chi connectivity index (χ0) is 11.3. The van der Waals surface area contributed by atoms with Gasteiger partial charge in [0.1, 0.15) is 11.5 Å². The summed E-state index contributed by atoms with van der Waals surface area (Å²) in [5.74, 6) is -0.404. The van der Waals surface area contributed by atoms with E-state index in [-0.39, 0.29) is 17.8 Å². The number of para-hydroxylation sites is 1. The van der Waals surface area contributed by atoms with Crippen molar-refractivity contribution < 1.29 is 9.18 Å². The lowest BCUT2D eigenvalue weighted by Crippen LogP contribution is -2.37. The van der Waals surface area contributed by atoms with Gasteiger partial charge in [-0.2, -0.15) is 0 Å². The Morgan fingerprint density at radius 1 is 1.50 bits per heavy atom. The van der Waals surface area contributed by atoms with Crippen LogP contribution in [0.2, 0.25) is 0 Å². The number of benzene rings is 1. The third-order valence-electron chi connectivity index (χ3n) is 3.04. The SMILES string of the molecule is CC1CNC(=O)c2cc3cccc(F)c3n21. The van der Waals surface area contributed by atoms with Crippen molar-refractivity contribution in [2.75, 3.05) is 6.54 Å². The van der Waals surface area contributed by atoms with E-state index in [0.717, 1.165) is 5.39 Å². The summed E-state index contributed by atoms with van der Waals surface area (Å²) in [7, 11) is 0. The van der Waals surface area contributed by atoms with Crippen molar-refractivity contribution >= 4 is 16.8 Å². The summed E-state index contributed by atoms with van der Waals surface area (Å²) in [6.07, 6.45) is 0. The standard InChI is InChI=1S/C12H11FN2O/c1-7-6-14-12(16)10-5-8-3-2-4-9(13)11(8)15(7)10/h2-5,7H,6H2,1H3,(H,14,16). The number of carbonyl (C=O) groups excluding carboxylic acids is 1. The van der Waals surface area contributed by atoms with E-state index in [1.807, 2.05) is 13.0 Å². The van der Waals surface area contributed by atoms with Gasteiger partial charge in [-0.3, -0.25) is 4.79 Å². The molecule has 82 valence electrons. The number of halogens is 1. The fraction of sp³-hybridized carbons (Fsp3) is 0.250. The number of aromatic nitrogens is 1. The van der Waals surface area contributed by atoms with E-state index in [1.165, 1.54) is 6.07 Å². The second-order valence-corrected chi connectivity index (χ2v) is 4.14. The first kappa shape index (κ1) is 9.39. The molecule has 0 aliphatic carbocycles. The van der Waals surface area contributed by atoms with E-state index >= 15 is 0 Å². The third kappa shape index (κ3) is 1.10. The summed E-state index contributed by atoms with van der Waals surface area (Å²) in [5, 5.41) is 3.56. The zero-order valence-electron chi connectivity index (χ0n) is 8.83. The average Bonchev–Trinajstić information content (AvgIpc) is 2.65. The molecule has 1 aromatic carbocycles. The van der Waals surface area contributed by atoms with E-state index in [2.05, 4.69) is 5.32 Å². The molecule has 1 N–H and O–H groups in total. The highest BCUT2D eigenvalue weighted by atomic mass is 19.1. The molecular formula is C12H11FN2O. The number of hydrogen-bond donors (Lipinski definition) is 1. The van der Waals surface area contributed by atoms with Crippen LogP contribution in [0, 0.1) is 5.82 Å². The van der Waals surface area contributed by atoms with Gasteiger partial charge in [-0.25, -0.2) is 4.39 Å². The number of amides is 1. The molecule has 1 aliphatic rings. The van der Waals surface area contributed by atoms with Crippen molar-refractivity contribution in [1.82, 2.24) is 9.88 Å². The predicted molar refractivity (Wildman–Crippen MR) is 58.9 cm³/mol. The van der Waals surface area contributed by atoms with Crippen LogP contribution in [0.15, 0.2) is 24.3 Å². The molecule has 1 amide bonds. The zero-order valence-corrected chi connectivity index (χ0v) is 8.83. The van der Waals surface area contributed by atoms with Gasteiger partial charge in [0.15, 0.2) is 0 Å². The van der Waals surface area contributed by atoms with Crippen LogP contribution in [0.5, 0.6) is 0 Å². The molecule has 1 aliphatic heterocycles. The minimum atomic E-state index is -0.273. The normalized spacial score (nSPS) is 19.6. The molecule has 2 heterocycles. The number of nitrogens with zero attached hydrogens (tertiary/aromatic N) is 1. The number of hydrogen-bond acceptors (Lipinski definition) is 1. The quantitative estimate of drug-likeness (QED) is 0.721. The van der Waals surface area contributed by atoms with Crippen molar-refractivity contribution in [3.63, 3.8) is 0 Å². The molecule has 0 fully saturated rings. The van der Waals surface area contributed by atoms with Gasteiger partial charge in [0.05, 0.1) is 5.52 Å². The predicted octanol–water partition coefficient (Wildman–Crippen LogP) is 2.08. The summed E-state index contributed by atoms with van der Waals surface area (Å²) < 4.78 is 15.5. The van der Waals surface area contributed by atoms with Crippen LogP contribution in [0.1, 0.15) is 23.5 Å². The molecule has 1 aromatic heterocycles. The summed E-state index contributed by atoms with van der Waals surface area (Å²) in [6.45, 7) is 2.51. The van der Waals surface area contributed by atoms with Gasteiger partial charge in [0.2, 0.25) is 0 Å². The highest BCUT2D eigenvalue weighted by molar-refractivity contribution is 5.99. The van der Waals surface area contributed by atoms with Crippen molar-refractivity contribution in [2.45, 2.75) is 13.0 Å². The Bertz CT molecular complexity index is 588. The molecule has 1 atom stereocenters. The van der Waals surface area contributed by atoms with Crippen molar-refractivity contribution in [2.24, 2.45) is 0 Å². The monoisotopic (exact) mass is 218 g/mol. The van der Waals surface area contributed by atoms with E-state index in [9.17, 15) is 9.18 Å². The van der Waals surface area contributed by atoms with E-state index in [1.54, 1.807) is 16.7 Å². The van der Waals surface area contributed by atoms with Crippen LogP contribution in [-0.2, 0) is 0 Å². The molecule has 0 spiro atoms. The Morgan fingerprint density at radius 3 is 3.12 bits per heavy atom. The second kappa shape index (κ2) is 3.07. The van der Waals surface area contributed by atoms with Gasteiger partial charge in [0.25, 0.3) is 5.91 Å². The van der Waals surface area contributed by atoms with Crippen LogP contribution in [0.4, 0.5) is 4.39 Å². The Morgan fingerprint density at radius 2 is 2.31 bits per heavy atom. The molecule has 0 radical (unpaired) electrons. The van der Waals surface area contributed by atoms with Crippen LogP contribution in [-0.4, -0.2) is 17.0 Å². The number of carbonyl (C=O) groups is 1. The molecular weight excluding hydrogens is 207 g/mol. The van der Waals surface area contributed by atoms with Crippen molar-refractivity contribution in [3.8, 4) is 0 Å². The maximum absolute atomic E-state index is 13.8. The smallest absolute Gasteiger partial charge is 0.268 e. The van der Waals surface area contributed by atoms with E-state index in [0.29, 0.717) is 17.8 Å². The van der Waals surface area contributed by atoms with Gasteiger partial charge >= 0.3 is 0 Å². The third-order valence-corrected chi connectivity index (χ3v) is 3.04. The maximum Gasteiger partial charge on any atom is 0.268 e. The molecule has 3 rings (SSSR count). The molecule has 2 aromatic rings. The Hall–Kier alpha value is -1.84.